The number of nitrogens with one attached hydrogen (secondary N) is 2. The van der Waals surface area contributed by atoms with Gasteiger partial charge in [-0.1, -0.05) is 11.6 Å². The van der Waals surface area contributed by atoms with Crippen molar-refractivity contribution in [3.05, 3.63) is 63.9 Å². The molecule has 2 aromatic carbocycles. The standard InChI is InChI=1S/C24H25ClN4O4/c1-14-12-15(4-6-17(14)24(33)29-10-2-3-11-29)23(32)28-19(8-9-21(30)31)22-26-18-7-5-16(25)13-20(18)27-22/h4-7,12-13,19H,2-3,8-11H2,1H3,(H,26,27)(H,28,32)(H,30,31)/t19-/m0/s1. The van der Waals surface area contributed by atoms with Crippen LogP contribution in [-0.4, -0.2) is 50.8 Å². The molecule has 1 aliphatic rings. The number of carbonyl (C=O) groups is 3. The monoisotopic (exact) mass is 468 g/mol. The molecule has 4 rings (SSSR count). The Morgan fingerprint density at radius 3 is 2.64 bits per heavy atom. The number of aromatic amines is 1. The van der Waals surface area contributed by atoms with Crippen molar-refractivity contribution >= 4 is 40.4 Å². The lowest BCUT2D eigenvalue weighted by atomic mass is 10.0. The second-order valence-electron chi connectivity index (χ2n) is 8.27. The van der Waals surface area contributed by atoms with Gasteiger partial charge in [0.2, 0.25) is 0 Å². The van der Waals surface area contributed by atoms with Gasteiger partial charge in [-0.05, 0) is 68.1 Å². The lowest BCUT2D eigenvalue weighted by molar-refractivity contribution is -0.137. The number of fused-ring (bicyclic) bond motifs is 1. The van der Waals surface area contributed by atoms with Gasteiger partial charge in [-0.25, -0.2) is 4.98 Å². The third-order valence-electron chi connectivity index (χ3n) is 5.86. The maximum absolute atomic E-state index is 13.0. The number of carboxylic acids is 1. The predicted molar refractivity (Wildman–Crippen MR) is 124 cm³/mol. The van der Waals surface area contributed by atoms with Gasteiger partial charge in [0.1, 0.15) is 5.82 Å². The second-order valence-corrected chi connectivity index (χ2v) is 8.71. The highest BCUT2D eigenvalue weighted by Crippen LogP contribution is 2.23. The van der Waals surface area contributed by atoms with Crippen molar-refractivity contribution in [2.75, 3.05) is 13.1 Å². The Bertz CT molecular complexity index is 1220. The number of amides is 2. The Hall–Kier alpha value is -3.39. The summed E-state index contributed by atoms with van der Waals surface area (Å²) >= 11 is 6.04. The van der Waals surface area contributed by atoms with Crippen molar-refractivity contribution in [2.45, 2.75) is 38.6 Å². The number of hydrogen-bond donors (Lipinski definition) is 3. The van der Waals surface area contributed by atoms with Crippen LogP contribution in [0.5, 0.6) is 0 Å². The number of benzene rings is 2. The van der Waals surface area contributed by atoms with E-state index < -0.39 is 12.0 Å². The van der Waals surface area contributed by atoms with Crippen LogP contribution in [0.3, 0.4) is 0 Å². The Kier molecular flexibility index (Phi) is 6.65. The summed E-state index contributed by atoms with van der Waals surface area (Å²) in [6.45, 7) is 3.33. The van der Waals surface area contributed by atoms with Crippen LogP contribution in [0, 0.1) is 6.92 Å². The molecule has 0 spiro atoms. The molecule has 1 atom stereocenters. The molecule has 1 aromatic heterocycles. The van der Waals surface area contributed by atoms with E-state index in [1.165, 1.54) is 0 Å². The maximum atomic E-state index is 13.0. The van der Waals surface area contributed by atoms with Gasteiger partial charge >= 0.3 is 5.97 Å². The summed E-state index contributed by atoms with van der Waals surface area (Å²) in [4.78, 5) is 46.4. The number of H-pyrrole nitrogens is 1. The molecule has 9 heteroatoms. The van der Waals surface area contributed by atoms with Crippen LogP contribution >= 0.6 is 11.6 Å². The molecule has 0 unspecified atom stereocenters. The molecule has 1 fully saturated rings. The highest BCUT2D eigenvalue weighted by atomic mass is 35.5. The molecule has 3 aromatic rings. The Morgan fingerprint density at radius 2 is 1.94 bits per heavy atom. The van der Waals surface area contributed by atoms with E-state index in [-0.39, 0.29) is 24.7 Å². The molecule has 2 heterocycles. The average Bonchev–Trinajstić information content (AvgIpc) is 3.45. The van der Waals surface area contributed by atoms with Gasteiger partial charge in [0, 0.05) is 35.7 Å². The first-order valence-electron chi connectivity index (χ1n) is 10.9. The van der Waals surface area contributed by atoms with E-state index in [0.29, 0.717) is 33.0 Å². The van der Waals surface area contributed by atoms with Gasteiger partial charge in [-0.3, -0.25) is 14.4 Å². The first kappa shape index (κ1) is 22.8. The molecule has 3 N–H and O–H groups in total. The zero-order valence-electron chi connectivity index (χ0n) is 18.2. The second kappa shape index (κ2) is 9.62. The SMILES string of the molecule is Cc1cc(C(=O)N[C@@H](CCC(=O)O)c2nc3ccc(Cl)cc3[nH]2)ccc1C(=O)N1CCCC1. The summed E-state index contributed by atoms with van der Waals surface area (Å²) in [7, 11) is 0. The molecule has 1 saturated heterocycles. The molecule has 0 radical (unpaired) electrons. The third-order valence-corrected chi connectivity index (χ3v) is 6.09. The fourth-order valence-electron chi connectivity index (χ4n) is 4.09. The van der Waals surface area contributed by atoms with E-state index >= 15 is 0 Å². The fraction of sp³-hybridized carbons (Fsp3) is 0.333. The zero-order valence-corrected chi connectivity index (χ0v) is 19.0. The van der Waals surface area contributed by atoms with Gasteiger partial charge in [-0.2, -0.15) is 0 Å². The van der Waals surface area contributed by atoms with E-state index in [0.717, 1.165) is 31.5 Å². The van der Waals surface area contributed by atoms with Gasteiger partial charge < -0.3 is 20.3 Å². The average molecular weight is 469 g/mol. The quantitative estimate of drug-likeness (QED) is 0.483. The zero-order chi connectivity index (χ0) is 23.5. The number of aryl methyl sites for hydroxylation is 1. The van der Waals surface area contributed by atoms with E-state index in [1.807, 2.05) is 11.8 Å². The number of aliphatic carboxylic acids is 1. The molecule has 8 nitrogen and oxygen atoms in total. The Labute approximate surface area is 195 Å². The lowest BCUT2D eigenvalue weighted by Gasteiger charge is -2.18. The van der Waals surface area contributed by atoms with Crippen molar-refractivity contribution in [1.82, 2.24) is 20.2 Å². The van der Waals surface area contributed by atoms with Crippen LogP contribution in [0.2, 0.25) is 5.02 Å². The van der Waals surface area contributed by atoms with Crippen molar-refractivity contribution in [3.63, 3.8) is 0 Å². The largest absolute Gasteiger partial charge is 0.481 e. The topological polar surface area (TPSA) is 115 Å². The van der Waals surface area contributed by atoms with Crippen molar-refractivity contribution in [1.29, 1.82) is 0 Å². The van der Waals surface area contributed by atoms with Crippen LogP contribution in [0.15, 0.2) is 36.4 Å². The van der Waals surface area contributed by atoms with Crippen molar-refractivity contribution < 1.29 is 19.5 Å². The number of nitrogens with zero attached hydrogens (tertiary/aromatic N) is 2. The lowest BCUT2D eigenvalue weighted by Crippen LogP contribution is -2.30. The summed E-state index contributed by atoms with van der Waals surface area (Å²) in [5.74, 6) is -0.891. The van der Waals surface area contributed by atoms with Crippen LogP contribution in [0.25, 0.3) is 11.0 Å². The maximum Gasteiger partial charge on any atom is 0.303 e. The number of carbonyl (C=O) groups excluding carboxylic acids is 2. The molecule has 1 aliphatic heterocycles. The summed E-state index contributed by atoms with van der Waals surface area (Å²) in [6.07, 6.45) is 2.05. The van der Waals surface area contributed by atoms with Crippen LogP contribution in [0.1, 0.15) is 63.8 Å². The van der Waals surface area contributed by atoms with Gasteiger partial charge in [0.25, 0.3) is 11.8 Å². The smallest absolute Gasteiger partial charge is 0.303 e. The number of likely N-dealkylation sites (tertiary alicyclic amines) is 1. The third kappa shape index (κ3) is 5.17. The number of halogens is 1. The highest BCUT2D eigenvalue weighted by Gasteiger charge is 2.23. The summed E-state index contributed by atoms with van der Waals surface area (Å²) < 4.78 is 0. The number of carboxylic acid groups (broad SMARTS) is 1. The molecule has 33 heavy (non-hydrogen) atoms. The van der Waals surface area contributed by atoms with E-state index in [4.69, 9.17) is 16.7 Å². The molecular formula is C24H25ClN4O4. The Morgan fingerprint density at radius 1 is 1.18 bits per heavy atom. The minimum Gasteiger partial charge on any atom is -0.481 e. The highest BCUT2D eigenvalue weighted by molar-refractivity contribution is 6.31. The Balaban J connectivity index is 1.55. The molecule has 0 aliphatic carbocycles. The normalized spacial score (nSPS) is 14.4. The summed E-state index contributed by atoms with van der Waals surface area (Å²) in [5.41, 5.74) is 3.08. The molecule has 0 saturated carbocycles. The molecule has 172 valence electrons. The van der Waals surface area contributed by atoms with E-state index in [9.17, 15) is 14.4 Å². The summed E-state index contributed by atoms with van der Waals surface area (Å²) in [5, 5.41) is 12.6. The number of rotatable bonds is 7. The van der Waals surface area contributed by atoms with Gasteiger partial charge in [0.05, 0.1) is 17.1 Å². The minimum absolute atomic E-state index is 0.0165. The number of aromatic nitrogens is 2. The van der Waals surface area contributed by atoms with E-state index in [1.54, 1.807) is 36.4 Å². The first-order chi connectivity index (χ1) is 15.8. The first-order valence-corrected chi connectivity index (χ1v) is 11.3. The van der Waals surface area contributed by atoms with Crippen LogP contribution in [0.4, 0.5) is 0 Å². The van der Waals surface area contributed by atoms with Crippen LogP contribution < -0.4 is 5.32 Å². The van der Waals surface area contributed by atoms with Crippen molar-refractivity contribution in [3.8, 4) is 0 Å². The predicted octanol–water partition coefficient (Wildman–Crippen LogP) is 4.10. The number of imidazole rings is 1. The molecule has 2 amide bonds. The van der Waals surface area contributed by atoms with Gasteiger partial charge in [0.15, 0.2) is 0 Å². The summed E-state index contributed by atoms with van der Waals surface area (Å²) in [6, 6.07) is 9.55. The van der Waals surface area contributed by atoms with E-state index in [2.05, 4.69) is 15.3 Å². The van der Waals surface area contributed by atoms with Gasteiger partial charge in [-0.15, -0.1) is 0 Å². The van der Waals surface area contributed by atoms with Crippen molar-refractivity contribution in [2.24, 2.45) is 0 Å². The minimum atomic E-state index is -0.964. The fourth-order valence-corrected chi connectivity index (χ4v) is 4.26. The molecule has 0 bridgehead atoms. The number of hydrogen-bond acceptors (Lipinski definition) is 4. The van der Waals surface area contributed by atoms with Crippen LogP contribution in [-0.2, 0) is 4.79 Å². The molecular weight excluding hydrogens is 444 g/mol.